The molecule has 3 rings (SSSR count). The lowest BCUT2D eigenvalue weighted by molar-refractivity contribution is 0.656. The smallest absolute Gasteiger partial charge is 0.135 e. The van der Waals surface area contributed by atoms with E-state index >= 15 is 0 Å². The number of anilines is 1. The summed E-state index contributed by atoms with van der Waals surface area (Å²) in [4.78, 5) is 13.7. The summed E-state index contributed by atoms with van der Waals surface area (Å²) in [5, 5.41) is 3.48. The number of hydrogen-bond acceptors (Lipinski definition) is 4. The maximum atomic E-state index is 4.80. The molecule has 21 heavy (non-hydrogen) atoms. The van der Waals surface area contributed by atoms with Crippen LogP contribution in [0.15, 0.2) is 24.5 Å². The second-order valence-corrected chi connectivity index (χ2v) is 5.59. The van der Waals surface area contributed by atoms with Crippen LogP contribution in [-0.4, -0.2) is 21.5 Å². The van der Waals surface area contributed by atoms with Gasteiger partial charge in [0.2, 0.25) is 0 Å². The fourth-order valence-corrected chi connectivity index (χ4v) is 2.80. The average molecular weight is 282 g/mol. The number of aromatic nitrogens is 3. The minimum Gasteiger partial charge on any atom is -0.370 e. The lowest BCUT2D eigenvalue weighted by atomic mass is 9.96. The highest BCUT2D eigenvalue weighted by atomic mass is 15.0. The van der Waals surface area contributed by atoms with Crippen molar-refractivity contribution in [1.29, 1.82) is 0 Å². The molecule has 2 aromatic heterocycles. The number of rotatable bonds is 5. The van der Waals surface area contributed by atoms with E-state index in [2.05, 4.69) is 23.3 Å². The van der Waals surface area contributed by atoms with Gasteiger partial charge in [0, 0.05) is 36.6 Å². The Labute approximate surface area is 126 Å². The molecule has 0 aliphatic heterocycles. The number of nitrogens with zero attached hydrogens (tertiary/aromatic N) is 3. The number of aryl methyl sites for hydroxylation is 1. The molecule has 0 amide bonds. The van der Waals surface area contributed by atoms with Crippen molar-refractivity contribution in [2.45, 2.75) is 45.4 Å². The molecule has 0 spiro atoms. The molecule has 1 N–H and O–H groups in total. The standard InChI is InChI=1S/C17H22N4/c1-2-9-19-17-14-7-3-4-8-15(14)20-16(21-17)11-13-6-5-10-18-12-13/h5-6,10,12H,2-4,7-9,11H2,1H3,(H,19,20,21). The third kappa shape index (κ3) is 3.38. The minimum absolute atomic E-state index is 0.752. The molecule has 0 saturated heterocycles. The molecule has 0 bridgehead atoms. The van der Waals surface area contributed by atoms with E-state index in [4.69, 9.17) is 9.97 Å². The predicted molar refractivity (Wildman–Crippen MR) is 84.5 cm³/mol. The van der Waals surface area contributed by atoms with Crippen molar-refractivity contribution in [2.75, 3.05) is 11.9 Å². The number of fused-ring (bicyclic) bond motifs is 1. The summed E-state index contributed by atoms with van der Waals surface area (Å²) in [6, 6.07) is 4.04. The Morgan fingerprint density at radius 2 is 2.10 bits per heavy atom. The van der Waals surface area contributed by atoms with Crippen LogP contribution in [0.25, 0.3) is 0 Å². The van der Waals surface area contributed by atoms with Crippen LogP contribution in [0.4, 0.5) is 5.82 Å². The van der Waals surface area contributed by atoms with Crippen LogP contribution in [0.1, 0.15) is 48.8 Å². The van der Waals surface area contributed by atoms with Crippen LogP contribution in [0.5, 0.6) is 0 Å². The first-order valence-corrected chi connectivity index (χ1v) is 7.88. The zero-order chi connectivity index (χ0) is 14.5. The molecule has 0 atom stereocenters. The van der Waals surface area contributed by atoms with Gasteiger partial charge in [-0.25, -0.2) is 9.97 Å². The predicted octanol–water partition coefficient (Wildman–Crippen LogP) is 3.16. The van der Waals surface area contributed by atoms with Gasteiger partial charge in [0.05, 0.1) is 0 Å². The van der Waals surface area contributed by atoms with Crippen molar-refractivity contribution < 1.29 is 0 Å². The molecule has 4 heteroatoms. The minimum atomic E-state index is 0.752. The van der Waals surface area contributed by atoms with Crippen molar-refractivity contribution in [3.63, 3.8) is 0 Å². The van der Waals surface area contributed by atoms with Crippen molar-refractivity contribution >= 4 is 5.82 Å². The Morgan fingerprint density at radius 1 is 1.19 bits per heavy atom. The highest BCUT2D eigenvalue weighted by Crippen LogP contribution is 2.26. The Kier molecular flexibility index (Phi) is 4.43. The molecule has 1 aliphatic rings. The number of hydrogen-bond donors (Lipinski definition) is 1. The van der Waals surface area contributed by atoms with Crippen LogP contribution in [0.2, 0.25) is 0 Å². The Hall–Kier alpha value is -1.97. The molecule has 2 heterocycles. The van der Waals surface area contributed by atoms with Crippen LogP contribution in [0.3, 0.4) is 0 Å². The van der Waals surface area contributed by atoms with E-state index in [1.165, 1.54) is 24.1 Å². The first kappa shape index (κ1) is 14.0. The van der Waals surface area contributed by atoms with Gasteiger partial charge in [0.15, 0.2) is 0 Å². The highest BCUT2D eigenvalue weighted by molar-refractivity contribution is 5.48. The van der Waals surface area contributed by atoms with Crippen LogP contribution >= 0.6 is 0 Å². The maximum absolute atomic E-state index is 4.80. The monoisotopic (exact) mass is 282 g/mol. The molecular weight excluding hydrogens is 260 g/mol. The summed E-state index contributed by atoms with van der Waals surface area (Å²) in [6.07, 6.45) is 10.2. The van der Waals surface area contributed by atoms with E-state index in [-0.39, 0.29) is 0 Å². The molecule has 0 radical (unpaired) electrons. The average Bonchev–Trinajstić information content (AvgIpc) is 2.53. The Bertz CT molecular complexity index is 595. The summed E-state index contributed by atoms with van der Waals surface area (Å²) in [5.41, 5.74) is 3.74. The van der Waals surface area contributed by atoms with Gasteiger partial charge in [-0.15, -0.1) is 0 Å². The topological polar surface area (TPSA) is 50.7 Å². The van der Waals surface area contributed by atoms with Crippen molar-refractivity contribution in [3.8, 4) is 0 Å². The first-order chi connectivity index (χ1) is 10.4. The summed E-state index contributed by atoms with van der Waals surface area (Å²) >= 11 is 0. The van der Waals surface area contributed by atoms with Gasteiger partial charge in [0.25, 0.3) is 0 Å². The second-order valence-electron chi connectivity index (χ2n) is 5.59. The van der Waals surface area contributed by atoms with Crippen molar-refractivity contribution in [1.82, 2.24) is 15.0 Å². The van der Waals surface area contributed by atoms with Gasteiger partial charge in [0.1, 0.15) is 11.6 Å². The quantitative estimate of drug-likeness (QED) is 0.915. The van der Waals surface area contributed by atoms with Crippen molar-refractivity contribution in [2.24, 2.45) is 0 Å². The van der Waals surface area contributed by atoms with Gasteiger partial charge >= 0.3 is 0 Å². The zero-order valence-electron chi connectivity index (χ0n) is 12.6. The van der Waals surface area contributed by atoms with Gasteiger partial charge in [-0.1, -0.05) is 13.0 Å². The summed E-state index contributed by atoms with van der Waals surface area (Å²) in [6.45, 7) is 3.15. The van der Waals surface area contributed by atoms with E-state index in [9.17, 15) is 0 Å². The molecule has 4 nitrogen and oxygen atoms in total. The lowest BCUT2D eigenvalue weighted by Gasteiger charge is -2.19. The molecule has 110 valence electrons. The van der Waals surface area contributed by atoms with Gasteiger partial charge in [-0.05, 0) is 43.7 Å². The summed E-state index contributed by atoms with van der Waals surface area (Å²) < 4.78 is 0. The zero-order valence-corrected chi connectivity index (χ0v) is 12.6. The normalized spacial score (nSPS) is 13.8. The van der Waals surface area contributed by atoms with Crippen LogP contribution in [-0.2, 0) is 19.3 Å². The highest BCUT2D eigenvalue weighted by Gasteiger charge is 2.17. The summed E-state index contributed by atoms with van der Waals surface area (Å²) in [5.74, 6) is 1.96. The SMILES string of the molecule is CCCNc1nc(Cc2cccnc2)nc2c1CCCC2. The van der Waals surface area contributed by atoms with Crippen LogP contribution in [0, 0.1) is 0 Å². The molecular formula is C17H22N4. The van der Waals surface area contributed by atoms with Gasteiger partial charge in [-0.3, -0.25) is 4.98 Å². The second kappa shape index (κ2) is 6.66. The van der Waals surface area contributed by atoms with E-state index < -0.39 is 0 Å². The third-order valence-corrected chi connectivity index (χ3v) is 3.86. The lowest BCUT2D eigenvalue weighted by Crippen LogP contribution is -2.15. The molecule has 0 unspecified atom stereocenters. The van der Waals surface area contributed by atoms with Gasteiger partial charge in [-0.2, -0.15) is 0 Å². The van der Waals surface area contributed by atoms with Crippen LogP contribution < -0.4 is 5.32 Å². The number of pyridine rings is 1. The molecule has 0 saturated carbocycles. The Morgan fingerprint density at radius 3 is 2.90 bits per heavy atom. The van der Waals surface area contributed by atoms with E-state index in [1.54, 1.807) is 6.20 Å². The third-order valence-electron chi connectivity index (χ3n) is 3.86. The van der Waals surface area contributed by atoms with E-state index in [0.717, 1.165) is 49.4 Å². The fourth-order valence-electron chi connectivity index (χ4n) is 2.80. The molecule has 1 aliphatic carbocycles. The fraction of sp³-hybridized carbons (Fsp3) is 0.471. The Balaban J connectivity index is 1.90. The number of nitrogens with one attached hydrogen (secondary N) is 1. The van der Waals surface area contributed by atoms with Gasteiger partial charge < -0.3 is 5.32 Å². The largest absolute Gasteiger partial charge is 0.370 e. The van der Waals surface area contributed by atoms with E-state index in [0.29, 0.717) is 0 Å². The molecule has 2 aromatic rings. The molecule has 0 aromatic carbocycles. The maximum Gasteiger partial charge on any atom is 0.135 e. The molecule has 0 fully saturated rings. The van der Waals surface area contributed by atoms with E-state index in [1.807, 2.05) is 12.3 Å². The van der Waals surface area contributed by atoms with Crippen molar-refractivity contribution in [3.05, 3.63) is 47.2 Å². The first-order valence-electron chi connectivity index (χ1n) is 7.88. The summed E-state index contributed by atoms with van der Waals surface area (Å²) in [7, 11) is 0.